The number of hydrogen-bond donors (Lipinski definition) is 0. The van der Waals surface area contributed by atoms with E-state index in [1.807, 2.05) is 0 Å². The summed E-state index contributed by atoms with van der Waals surface area (Å²) in [5.74, 6) is 4.02. The van der Waals surface area contributed by atoms with Crippen LogP contribution in [0.4, 0.5) is 0 Å². The van der Waals surface area contributed by atoms with Crippen LogP contribution in [0.15, 0.2) is 0 Å². The molecule has 1 nitrogen and oxygen atoms in total. The van der Waals surface area contributed by atoms with Crippen LogP contribution in [0.2, 0.25) is 0 Å². The molecule has 0 bridgehead atoms. The fourth-order valence-corrected chi connectivity index (χ4v) is 0.282. The first-order valence-electron chi connectivity index (χ1n) is 3.86. The minimum absolute atomic E-state index is 0.169. The van der Waals surface area contributed by atoms with Crippen molar-refractivity contribution >= 4 is 5.78 Å². The van der Waals surface area contributed by atoms with Gasteiger partial charge in [-0.25, -0.2) is 0 Å². The number of carbonyl (C=O) groups excluding carboxylic acids is 1. The second-order valence-electron chi connectivity index (χ2n) is 1.85. The monoisotopic (exact) mass is 126 g/mol. The lowest BCUT2D eigenvalue weighted by atomic mass is 10.0. The predicted molar refractivity (Wildman–Crippen MR) is 37.9 cm³/mol. The second kappa shape index (κ2) is 4.14. The van der Waals surface area contributed by atoms with Crippen molar-refractivity contribution in [1.82, 2.24) is 0 Å². The van der Waals surface area contributed by atoms with Gasteiger partial charge < -0.3 is 0 Å². The van der Waals surface area contributed by atoms with Gasteiger partial charge in [0.05, 0.1) is 0 Å². The summed E-state index contributed by atoms with van der Waals surface area (Å²) in [5.41, 5.74) is 0. The van der Waals surface area contributed by atoms with Crippen LogP contribution in [0.3, 0.4) is 0 Å². The summed E-state index contributed by atoms with van der Waals surface area (Å²) in [7, 11) is 0. The SMILES string of the molecule is [2H]C([2H])(C#CC)C(C)C(C)=O. The Morgan fingerprint density at radius 2 is 2.44 bits per heavy atom. The van der Waals surface area contributed by atoms with Gasteiger partial charge in [-0.05, 0) is 13.8 Å². The van der Waals surface area contributed by atoms with Crippen LogP contribution < -0.4 is 0 Å². The predicted octanol–water partition coefficient (Wildman–Crippen LogP) is 1.62. The third-order valence-electron chi connectivity index (χ3n) is 1.02. The summed E-state index contributed by atoms with van der Waals surface area (Å²) in [4.78, 5) is 10.8. The molecule has 0 aromatic carbocycles. The molecule has 1 unspecified atom stereocenters. The molecule has 50 valence electrons. The molecule has 1 heteroatoms. The smallest absolute Gasteiger partial charge is 0.133 e. The van der Waals surface area contributed by atoms with Gasteiger partial charge in [0.25, 0.3) is 0 Å². The first kappa shape index (κ1) is 5.05. The number of Topliss-reactive ketones (excluding diaryl/α,β-unsaturated/α-hetero) is 1. The molecule has 0 rings (SSSR count). The van der Waals surface area contributed by atoms with Gasteiger partial charge in [0, 0.05) is 15.0 Å². The van der Waals surface area contributed by atoms with E-state index >= 15 is 0 Å². The standard InChI is InChI=1S/C8H12O/c1-4-5-6-7(2)8(3)9/h7H,6H2,1-3H3/i6D2. The first-order valence-corrected chi connectivity index (χ1v) is 2.86. The Kier molecular flexibility index (Phi) is 2.32. The average Bonchev–Trinajstić information content (AvgIpc) is 1.86. The van der Waals surface area contributed by atoms with Crippen LogP contribution in [0.5, 0.6) is 0 Å². The van der Waals surface area contributed by atoms with Crippen molar-refractivity contribution in [2.45, 2.75) is 27.1 Å². The minimum atomic E-state index is -1.68. The van der Waals surface area contributed by atoms with Crippen LogP contribution in [0.1, 0.15) is 29.9 Å². The highest BCUT2D eigenvalue weighted by atomic mass is 16.1. The number of ketones is 1. The molecule has 0 radical (unpaired) electrons. The summed E-state index contributed by atoms with van der Waals surface area (Å²) < 4.78 is 14.7. The molecular weight excluding hydrogens is 112 g/mol. The third kappa shape index (κ3) is 3.78. The van der Waals surface area contributed by atoms with Crippen molar-refractivity contribution in [2.24, 2.45) is 5.92 Å². The summed E-state index contributed by atoms with van der Waals surface area (Å²) >= 11 is 0. The Morgan fingerprint density at radius 1 is 1.89 bits per heavy atom. The van der Waals surface area contributed by atoms with Crippen molar-refractivity contribution in [3.8, 4) is 11.8 Å². The van der Waals surface area contributed by atoms with Crippen molar-refractivity contribution < 1.29 is 7.54 Å². The zero-order chi connectivity index (χ0) is 9.07. The molecular formula is C8H12O. The Labute approximate surface area is 59.3 Å². The molecule has 0 heterocycles. The molecule has 0 spiro atoms. The van der Waals surface area contributed by atoms with Gasteiger partial charge >= 0.3 is 0 Å². The lowest BCUT2D eigenvalue weighted by Crippen LogP contribution is -2.04. The topological polar surface area (TPSA) is 17.1 Å². The molecule has 0 N–H and O–H groups in total. The summed E-state index contributed by atoms with van der Waals surface area (Å²) in [5, 5.41) is 0. The molecule has 1 atom stereocenters. The lowest BCUT2D eigenvalue weighted by Gasteiger charge is -1.98. The quantitative estimate of drug-likeness (QED) is 0.514. The van der Waals surface area contributed by atoms with E-state index in [4.69, 9.17) is 2.74 Å². The van der Waals surface area contributed by atoms with Gasteiger partial charge in [-0.15, -0.1) is 11.8 Å². The van der Waals surface area contributed by atoms with E-state index in [1.54, 1.807) is 13.8 Å². The van der Waals surface area contributed by atoms with E-state index in [9.17, 15) is 4.79 Å². The van der Waals surface area contributed by atoms with E-state index in [1.165, 1.54) is 6.92 Å². The van der Waals surface area contributed by atoms with Crippen molar-refractivity contribution in [2.75, 3.05) is 0 Å². The van der Waals surface area contributed by atoms with Crippen molar-refractivity contribution in [3.05, 3.63) is 0 Å². The van der Waals surface area contributed by atoms with Gasteiger partial charge in [0.15, 0.2) is 0 Å². The summed E-state index contributed by atoms with van der Waals surface area (Å²) in [6, 6.07) is 0. The van der Waals surface area contributed by atoms with E-state index in [2.05, 4.69) is 11.8 Å². The molecule has 0 aliphatic rings. The lowest BCUT2D eigenvalue weighted by molar-refractivity contribution is -0.120. The maximum absolute atomic E-state index is 10.8. The van der Waals surface area contributed by atoms with E-state index in [-0.39, 0.29) is 5.78 Å². The zero-order valence-corrected chi connectivity index (χ0v) is 5.99. The second-order valence-corrected chi connectivity index (χ2v) is 1.85. The number of hydrogen-bond acceptors (Lipinski definition) is 1. The fraction of sp³-hybridized carbons (Fsp3) is 0.625. The molecule has 9 heavy (non-hydrogen) atoms. The Morgan fingerprint density at radius 3 is 2.78 bits per heavy atom. The highest BCUT2D eigenvalue weighted by Gasteiger charge is 2.03. The Bertz CT molecular complexity index is 210. The molecule has 0 fully saturated rings. The first-order chi connectivity index (χ1) is 4.91. The van der Waals surface area contributed by atoms with E-state index < -0.39 is 12.3 Å². The normalized spacial score (nSPS) is 16.3. The number of carbonyl (C=O) groups is 1. The number of rotatable bonds is 2. The van der Waals surface area contributed by atoms with E-state index in [0.29, 0.717) is 0 Å². The van der Waals surface area contributed by atoms with Crippen LogP contribution in [-0.4, -0.2) is 5.78 Å². The molecule has 0 aromatic heterocycles. The van der Waals surface area contributed by atoms with Gasteiger partial charge in [0.2, 0.25) is 0 Å². The Hall–Kier alpha value is -0.770. The van der Waals surface area contributed by atoms with Gasteiger partial charge in [-0.3, -0.25) is 4.79 Å². The average molecular weight is 126 g/mol. The minimum Gasteiger partial charge on any atom is -0.300 e. The molecule has 0 saturated carbocycles. The Balaban J connectivity index is 4.50. The molecule has 0 aliphatic carbocycles. The van der Waals surface area contributed by atoms with Crippen molar-refractivity contribution in [3.63, 3.8) is 0 Å². The molecule has 0 saturated heterocycles. The highest BCUT2D eigenvalue weighted by Crippen LogP contribution is 2.00. The van der Waals surface area contributed by atoms with Crippen LogP contribution in [0.25, 0.3) is 0 Å². The molecule has 0 amide bonds. The van der Waals surface area contributed by atoms with E-state index in [0.717, 1.165) is 0 Å². The van der Waals surface area contributed by atoms with Crippen LogP contribution in [0, 0.1) is 17.8 Å². The van der Waals surface area contributed by atoms with Gasteiger partial charge in [-0.1, -0.05) is 6.92 Å². The van der Waals surface area contributed by atoms with Crippen molar-refractivity contribution in [1.29, 1.82) is 0 Å². The largest absolute Gasteiger partial charge is 0.300 e. The maximum Gasteiger partial charge on any atom is 0.133 e. The summed E-state index contributed by atoms with van der Waals surface area (Å²) in [6.45, 7) is 4.48. The van der Waals surface area contributed by atoms with Gasteiger partial charge in [-0.2, -0.15) is 0 Å². The third-order valence-corrected chi connectivity index (χ3v) is 1.02. The van der Waals surface area contributed by atoms with Crippen LogP contribution >= 0.6 is 0 Å². The van der Waals surface area contributed by atoms with Gasteiger partial charge in [0.1, 0.15) is 5.78 Å². The van der Waals surface area contributed by atoms with Crippen LogP contribution in [-0.2, 0) is 4.79 Å². The fourth-order valence-electron chi connectivity index (χ4n) is 0.282. The zero-order valence-electron chi connectivity index (χ0n) is 7.99. The molecule has 0 aromatic rings. The maximum atomic E-state index is 10.8. The molecule has 0 aliphatic heterocycles. The highest BCUT2D eigenvalue weighted by molar-refractivity contribution is 5.78. The summed E-state index contributed by atoms with van der Waals surface area (Å²) in [6.07, 6.45) is -1.68.